The van der Waals surface area contributed by atoms with Crippen LogP contribution in [0.25, 0.3) is 5.57 Å². The van der Waals surface area contributed by atoms with Crippen molar-refractivity contribution in [2.24, 2.45) is 0 Å². The molecule has 142 valence electrons. The average molecular weight is 364 g/mol. The normalized spacial score (nSPS) is 19.0. The lowest BCUT2D eigenvalue weighted by Crippen LogP contribution is -2.41. The molecule has 0 aromatic heterocycles. The van der Waals surface area contributed by atoms with E-state index in [0.29, 0.717) is 0 Å². The Hall–Kier alpha value is -2.04. The van der Waals surface area contributed by atoms with Gasteiger partial charge in [-0.3, -0.25) is 0 Å². The number of methoxy groups -OCH3 is 1. The molecule has 0 saturated carbocycles. The molecule has 0 N–H and O–H groups in total. The molecule has 1 fully saturated rings. The Morgan fingerprint density at radius 3 is 1.96 bits per heavy atom. The summed E-state index contributed by atoms with van der Waals surface area (Å²) in [7, 11) is 1.32. The van der Waals surface area contributed by atoms with Gasteiger partial charge in [-0.05, 0) is 75.3 Å². The zero-order valence-corrected chi connectivity index (χ0v) is 17.2. The minimum atomic E-state index is -0.364. The van der Waals surface area contributed by atoms with Crippen molar-refractivity contribution in [2.45, 2.75) is 52.2 Å². The van der Waals surface area contributed by atoms with Gasteiger partial charge in [0.2, 0.25) is 0 Å². The lowest BCUT2D eigenvalue weighted by molar-refractivity contribution is 0.00578. The van der Waals surface area contributed by atoms with Gasteiger partial charge in [-0.2, -0.15) is 0 Å². The summed E-state index contributed by atoms with van der Waals surface area (Å²) in [5, 5.41) is 0. The Morgan fingerprint density at radius 1 is 0.889 bits per heavy atom. The van der Waals surface area contributed by atoms with Crippen molar-refractivity contribution in [3.8, 4) is 5.75 Å². The van der Waals surface area contributed by atoms with Crippen LogP contribution in [-0.2, 0) is 15.7 Å². The number of ether oxygens (including phenoxy) is 1. The third-order valence-electron chi connectivity index (χ3n) is 5.78. The number of benzene rings is 2. The molecule has 1 saturated heterocycles. The van der Waals surface area contributed by atoms with E-state index in [4.69, 9.17) is 14.0 Å². The number of hydrogen-bond donors (Lipinski definition) is 0. The molecule has 3 rings (SSSR count). The maximum atomic E-state index is 6.38. The van der Waals surface area contributed by atoms with Crippen LogP contribution in [-0.4, -0.2) is 25.4 Å². The first-order valence-corrected chi connectivity index (χ1v) is 9.47. The van der Waals surface area contributed by atoms with Crippen LogP contribution < -0.4 is 4.74 Å². The molecule has 1 aliphatic heterocycles. The predicted molar refractivity (Wildman–Crippen MR) is 112 cm³/mol. The van der Waals surface area contributed by atoms with E-state index in [1.54, 1.807) is 7.11 Å². The van der Waals surface area contributed by atoms with E-state index in [0.717, 1.165) is 23.2 Å². The summed E-state index contributed by atoms with van der Waals surface area (Å²) in [5.74, 6) is 0.854. The van der Waals surface area contributed by atoms with Crippen molar-refractivity contribution in [1.29, 1.82) is 0 Å². The monoisotopic (exact) mass is 364 g/mol. The lowest BCUT2D eigenvalue weighted by atomic mass is 9.71. The molecule has 0 unspecified atom stereocenters. The van der Waals surface area contributed by atoms with Gasteiger partial charge in [0.05, 0.1) is 18.3 Å². The summed E-state index contributed by atoms with van der Waals surface area (Å²) in [6.07, 6.45) is 0.787. The van der Waals surface area contributed by atoms with E-state index in [9.17, 15) is 0 Å². The summed E-state index contributed by atoms with van der Waals surface area (Å²) in [6, 6.07) is 18.6. The van der Waals surface area contributed by atoms with Gasteiger partial charge >= 0.3 is 7.12 Å². The van der Waals surface area contributed by atoms with Gasteiger partial charge in [0.1, 0.15) is 5.75 Å². The topological polar surface area (TPSA) is 27.7 Å². The molecule has 1 heterocycles. The molecule has 0 bridgehead atoms. The molecule has 2 aromatic rings. The highest BCUT2D eigenvalue weighted by molar-refractivity contribution is 6.56. The van der Waals surface area contributed by atoms with E-state index in [-0.39, 0.29) is 18.3 Å². The van der Waals surface area contributed by atoms with Crippen LogP contribution in [0.5, 0.6) is 5.75 Å². The fraction of sp³-hybridized carbons (Fsp3) is 0.391. The minimum absolute atomic E-state index is 0.361. The van der Waals surface area contributed by atoms with Gasteiger partial charge in [-0.25, -0.2) is 0 Å². The molecular weight excluding hydrogens is 335 g/mol. The lowest BCUT2D eigenvalue weighted by Gasteiger charge is -2.32. The summed E-state index contributed by atoms with van der Waals surface area (Å²) < 4.78 is 18.1. The Balaban J connectivity index is 2.01. The van der Waals surface area contributed by atoms with Gasteiger partial charge in [0.25, 0.3) is 0 Å². The minimum Gasteiger partial charge on any atom is -0.497 e. The summed E-state index contributed by atoms with van der Waals surface area (Å²) in [5.41, 5.74) is 4.01. The first-order chi connectivity index (χ1) is 12.7. The molecule has 0 atom stereocenters. The van der Waals surface area contributed by atoms with Gasteiger partial charge in [-0.1, -0.05) is 42.5 Å². The first-order valence-electron chi connectivity index (χ1n) is 9.47. The maximum Gasteiger partial charge on any atom is 0.491 e. The second kappa shape index (κ2) is 7.53. The van der Waals surface area contributed by atoms with Crippen LogP contribution in [0, 0.1) is 0 Å². The van der Waals surface area contributed by atoms with E-state index in [1.165, 1.54) is 11.1 Å². The van der Waals surface area contributed by atoms with Gasteiger partial charge in [-0.15, -0.1) is 0 Å². The second-order valence-electron chi connectivity index (χ2n) is 8.13. The van der Waals surface area contributed by atoms with E-state index in [2.05, 4.69) is 71.0 Å². The van der Waals surface area contributed by atoms with Crippen molar-refractivity contribution in [3.05, 3.63) is 71.2 Å². The van der Waals surface area contributed by atoms with E-state index >= 15 is 0 Å². The van der Waals surface area contributed by atoms with Crippen molar-refractivity contribution in [2.75, 3.05) is 7.11 Å². The van der Waals surface area contributed by atoms with Crippen LogP contribution in [0.2, 0.25) is 0 Å². The van der Waals surface area contributed by atoms with Crippen LogP contribution in [0.3, 0.4) is 0 Å². The maximum absolute atomic E-state index is 6.38. The molecule has 4 heteroatoms. The Bertz CT molecular complexity index is 791. The SMILES string of the molecule is COc1ccc(/C(C)=C(/Cc2ccccc2)B2OC(C)(C)C(C)(C)O2)cc1. The predicted octanol–water partition coefficient (Wildman–Crippen LogP) is 5.34. The van der Waals surface area contributed by atoms with Crippen molar-refractivity contribution in [3.63, 3.8) is 0 Å². The van der Waals surface area contributed by atoms with Gasteiger partial charge in [0, 0.05) is 0 Å². The molecule has 0 aliphatic carbocycles. The Morgan fingerprint density at radius 2 is 1.44 bits per heavy atom. The standard InChI is InChI=1S/C23H29BO3/c1-17(19-12-14-20(25-6)15-13-19)21(16-18-10-8-7-9-11-18)24-26-22(2,3)23(4,5)27-24/h7-15H,16H2,1-6H3/b21-17-. The highest BCUT2D eigenvalue weighted by Crippen LogP contribution is 2.40. The zero-order chi connectivity index (χ0) is 19.7. The fourth-order valence-electron chi connectivity index (χ4n) is 3.22. The van der Waals surface area contributed by atoms with Gasteiger partial charge in [0.15, 0.2) is 0 Å². The third kappa shape index (κ3) is 4.12. The summed E-state index contributed by atoms with van der Waals surface area (Å²) in [4.78, 5) is 0. The van der Waals surface area contributed by atoms with Crippen molar-refractivity contribution in [1.82, 2.24) is 0 Å². The Labute approximate surface area is 163 Å². The van der Waals surface area contributed by atoms with Crippen molar-refractivity contribution >= 4 is 12.7 Å². The molecule has 0 radical (unpaired) electrons. The molecule has 1 aliphatic rings. The average Bonchev–Trinajstić information content (AvgIpc) is 2.87. The molecule has 0 amide bonds. The molecular formula is C23H29BO3. The van der Waals surface area contributed by atoms with Gasteiger partial charge < -0.3 is 14.0 Å². The quantitative estimate of drug-likeness (QED) is 0.670. The Kier molecular flexibility index (Phi) is 5.50. The largest absolute Gasteiger partial charge is 0.497 e. The molecule has 27 heavy (non-hydrogen) atoms. The van der Waals surface area contributed by atoms with E-state index in [1.807, 2.05) is 18.2 Å². The summed E-state index contributed by atoms with van der Waals surface area (Å²) >= 11 is 0. The smallest absolute Gasteiger partial charge is 0.491 e. The first kappa shape index (κ1) is 19.7. The molecule has 0 spiro atoms. The van der Waals surface area contributed by atoms with E-state index < -0.39 is 0 Å². The highest BCUT2D eigenvalue weighted by atomic mass is 16.7. The molecule has 2 aromatic carbocycles. The zero-order valence-electron chi connectivity index (χ0n) is 17.2. The van der Waals surface area contributed by atoms with Crippen LogP contribution in [0.4, 0.5) is 0 Å². The number of hydrogen-bond acceptors (Lipinski definition) is 3. The summed E-state index contributed by atoms with van der Waals surface area (Å²) in [6.45, 7) is 10.5. The second-order valence-corrected chi connectivity index (χ2v) is 8.13. The third-order valence-corrected chi connectivity index (χ3v) is 5.78. The molecule has 3 nitrogen and oxygen atoms in total. The number of rotatable bonds is 5. The highest BCUT2D eigenvalue weighted by Gasteiger charge is 2.52. The van der Waals surface area contributed by atoms with Crippen LogP contribution in [0.1, 0.15) is 45.7 Å². The van der Waals surface area contributed by atoms with Crippen molar-refractivity contribution < 1.29 is 14.0 Å². The fourth-order valence-corrected chi connectivity index (χ4v) is 3.22. The van der Waals surface area contributed by atoms with Crippen LogP contribution >= 0.6 is 0 Å². The van der Waals surface area contributed by atoms with Crippen LogP contribution in [0.15, 0.2) is 60.1 Å². The number of allylic oxidation sites excluding steroid dienone is 2.